The van der Waals surface area contributed by atoms with Crippen molar-refractivity contribution >= 4 is 35.1 Å². The van der Waals surface area contributed by atoms with E-state index in [1.165, 1.54) is 4.68 Å². The number of nitrogens with one attached hydrogen (secondary N) is 1. The SMILES string of the molecule is O=C(Nc1ncn(Cc2ccccc2)n1)c1ccn(COc2cccc(Cl)c2Cl)n1. The summed E-state index contributed by atoms with van der Waals surface area (Å²) in [7, 11) is 0. The van der Waals surface area contributed by atoms with Gasteiger partial charge in [0.15, 0.2) is 12.4 Å². The standard InChI is InChI=1S/C20H16Cl2N6O2/c21-15-7-4-8-17(18(15)22)30-13-27-10-9-16(25-27)19(29)24-20-23-12-28(26-20)11-14-5-2-1-3-6-14/h1-10,12H,11,13H2,(H,24,26,29). The van der Waals surface area contributed by atoms with Crippen molar-refractivity contribution in [1.29, 1.82) is 0 Å². The summed E-state index contributed by atoms with van der Waals surface area (Å²) in [6.45, 7) is 0.624. The molecule has 2 aromatic heterocycles. The van der Waals surface area contributed by atoms with Crippen molar-refractivity contribution in [3.8, 4) is 5.75 Å². The zero-order valence-electron chi connectivity index (χ0n) is 15.6. The van der Waals surface area contributed by atoms with Gasteiger partial charge in [0.1, 0.15) is 17.1 Å². The van der Waals surface area contributed by atoms with Crippen molar-refractivity contribution in [3.05, 3.63) is 88.4 Å². The van der Waals surface area contributed by atoms with E-state index in [1.54, 1.807) is 41.5 Å². The molecule has 0 fully saturated rings. The summed E-state index contributed by atoms with van der Waals surface area (Å²) in [6, 6.07) is 16.5. The van der Waals surface area contributed by atoms with Crippen molar-refractivity contribution in [1.82, 2.24) is 24.5 Å². The quantitative estimate of drug-likeness (QED) is 0.465. The molecule has 2 aromatic carbocycles. The lowest BCUT2D eigenvalue weighted by Crippen LogP contribution is -2.15. The Morgan fingerprint density at radius 3 is 2.67 bits per heavy atom. The first-order valence-corrected chi connectivity index (χ1v) is 9.69. The van der Waals surface area contributed by atoms with Crippen LogP contribution in [0.25, 0.3) is 0 Å². The number of ether oxygens (including phenoxy) is 1. The van der Waals surface area contributed by atoms with E-state index in [4.69, 9.17) is 27.9 Å². The highest BCUT2D eigenvalue weighted by Gasteiger charge is 2.13. The van der Waals surface area contributed by atoms with E-state index in [-0.39, 0.29) is 18.4 Å². The van der Waals surface area contributed by atoms with Crippen LogP contribution in [-0.4, -0.2) is 30.5 Å². The fraction of sp³-hybridized carbons (Fsp3) is 0.100. The van der Waals surface area contributed by atoms with Gasteiger partial charge in [-0.05, 0) is 23.8 Å². The number of amides is 1. The largest absolute Gasteiger partial charge is 0.470 e. The summed E-state index contributed by atoms with van der Waals surface area (Å²) >= 11 is 12.1. The monoisotopic (exact) mass is 442 g/mol. The number of carbonyl (C=O) groups excluding carboxylic acids is 1. The lowest BCUT2D eigenvalue weighted by atomic mass is 10.2. The minimum Gasteiger partial charge on any atom is -0.470 e. The third kappa shape index (κ3) is 4.79. The Labute approximate surface area is 182 Å². The Hall–Kier alpha value is -3.36. The van der Waals surface area contributed by atoms with Gasteiger partial charge in [-0.1, -0.05) is 59.6 Å². The van der Waals surface area contributed by atoms with Crippen LogP contribution in [0.5, 0.6) is 5.75 Å². The Morgan fingerprint density at radius 1 is 1.00 bits per heavy atom. The molecule has 0 radical (unpaired) electrons. The predicted molar refractivity (Wildman–Crippen MR) is 113 cm³/mol. The van der Waals surface area contributed by atoms with Crippen molar-refractivity contribution in [3.63, 3.8) is 0 Å². The Morgan fingerprint density at radius 2 is 1.83 bits per heavy atom. The first-order chi connectivity index (χ1) is 14.6. The molecule has 0 aliphatic carbocycles. The highest BCUT2D eigenvalue weighted by Crippen LogP contribution is 2.31. The normalized spacial score (nSPS) is 10.7. The van der Waals surface area contributed by atoms with Crippen LogP contribution in [0.15, 0.2) is 67.1 Å². The molecule has 0 aliphatic heterocycles. The predicted octanol–water partition coefficient (Wildman–Crippen LogP) is 4.12. The summed E-state index contributed by atoms with van der Waals surface area (Å²) < 4.78 is 8.71. The van der Waals surface area contributed by atoms with E-state index >= 15 is 0 Å². The molecule has 0 unspecified atom stereocenters. The molecule has 0 atom stereocenters. The summed E-state index contributed by atoms with van der Waals surface area (Å²) in [5, 5.41) is 11.8. The summed E-state index contributed by atoms with van der Waals surface area (Å²) in [5.74, 6) is 0.207. The van der Waals surface area contributed by atoms with Gasteiger partial charge in [-0.2, -0.15) is 5.10 Å². The molecule has 4 rings (SSSR count). The number of aromatic nitrogens is 5. The van der Waals surface area contributed by atoms with Gasteiger partial charge >= 0.3 is 0 Å². The van der Waals surface area contributed by atoms with Gasteiger partial charge in [0, 0.05) is 6.20 Å². The topological polar surface area (TPSA) is 86.9 Å². The first-order valence-electron chi connectivity index (χ1n) is 8.93. The van der Waals surface area contributed by atoms with Gasteiger partial charge in [0.25, 0.3) is 5.91 Å². The van der Waals surface area contributed by atoms with Gasteiger partial charge in [-0.15, -0.1) is 5.10 Å². The molecule has 2 heterocycles. The maximum absolute atomic E-state index is 12.4. The lowest BCUT2D eigenvalue weighted by Gasteiger charge is -2.08. The van der Waals surface area contributed by atoms with Crippen LogP contribution >= 0.6 is 23.2 Å². The molecular formula is C20H16Cl2N6O2. The number of benzene rings is 2. The molecule has 1 N–H and O–H groups in total. The zero-order chi connectivity index (χ0) is 20.9. The third-order valence-electron chi connectivity index (χ3n) is 4.09. The van der Waals surface area contributed by atoms with Crippen LogP contribution in [0.2, 0.25) is 10.0 Å². The molecule has 1 amide bonds. The second-order valence-electron chi connectivity index (χ2n) is 6.27. The number of halogens is 2. The maximum atomic E-state index is 12.4. The number of anilines is 1. The molecule has 0 bridgehead atoms. The van der Waals surface area contributed by atoms with Crippen LogP contribution < -0.4 is 10.1 Å². The van der Waals surface area contributed by atoms with E-state index in [0.29, 0.717) is 22.3 Å². The van der Waals surface area contributed by atoms with Crippen molar-refractivity contribution in [2.75, 3.05) is 5.32 Å². The minimum absolute atomic E-state index is 0.0668. The number of nitrogens with zero attached hydrogens (tertiary/aromatic N) is 5. The molecule has 4 aromatic rings. The van der Waals surface area contributed by atoms with Crippen LogP contribution in [-0.2, 0) is 13.3 Å². The highest BCUT2D eigenvalue weighted by molar-refractivity contribution is 6.42. The first kappa shape index (κ1) is 19.9. The summed E-state index contributed by atoms with van der Waals surface area (Å²) in [4.78, 5) is 16.5. The van der Waals surface area contributed by atoms with E-state index in [2.05, 4.69) is 20.5 Å². The van der Waals surface area contributed by atoms with E-state index in [9.17, 15) is 4.79 Å². The van der Waals surface area contributed by atoms with Crippen molar-refractivity contribution in [2.45, 2.75) is 13.3 Å². The fourth-order valence-corrected chi connectivity index (χ4v) is 3.00. The van der Waals surface area contributed by atoms with Gasteiger partial charge in [-0.25, -0.2) is 14.3 Å². The third-order valence-corrected chi connectivity index (χ3v) is 4.89. The summed E-state index contributed by atoms with van der Waals surface area (Å²) in [5.41, 5.74) is 1.29. The minimum atomic E-state index is -0.424. The molecule has 0 aliphatic rings. The van der Waals surface area contributed by atoms with E-state index in [1.807, 2.05) is 30.3 Å². The molecule has 0 spiro atoms. The molecule has 8 nitrogen and oxygen atoms in total. The number of hydrogen-bond acceptors (Lipinski definition) is 5. The fourth-order valence-electron chi connectivity index (χ4n) is 2.65. The van der Waals surface area contributed by atoms with Gasteiger partial charge in [0.2, 0.25) is 5.95 Å². The van der Waals surface area contributed by atoms with Crippen LogP contribution in [0.4, 0.5) is 5.95 Å². The lowest BCUT2D eigenvalue weighted by molar-refractivity contribution is 0.101. The number of carbonyl (C=O) groups is 1. The number of hydrogen-bond donors (Lipinski definition) is 1. The van der Waals surface area contributed by atoms with Crippen LogP contribution in [0, 0.1) is 0 Å². The maximum Gasteiger partial charge on any atom is 0.278 e. The Bertz CT molecular complexity index is 1160. The molecule has 30 heavy (non-hydrogen) atoms. The number of rotatable bonds is 7. The van der Waals surface area contributed by atoms with Crippen LogP contribution in [0.3, 0.4) is 0 Å². The Balaban J connectivity index is 1.34. The van der Waals surface area contributed by atoms with Crippen LogP contribution in [0.1, 0.15) is 16.1 Å². The molecule has 10 heteroatoms. The average molecular weight is 443 g/mol. The molecule has 0 saturated carbocycles. The van der Waals surface area contributed by atoms with E-state index in [0.717, 1.165) is 5.56 Å². The smallest absolute Gasteiger partial charge is 0.278 e. The Kier molecular flexibility index (Phi) is 5.97. The second-order valence-corrected chi connectivity index (χ2v) is 7.06. The van der Waals surface area contributed by atoms with Crippen molar-refractivity contribution in [2.24, 2.45) is 0 Å². The van der Waals surface area contributed by atoms with E-state index < -0.39 is 5.91 Å². The molecule has 152 valence electrons. The zero-order valence-corrected chi connectivity index (χ0v) is 17.1. The van der Waals surface area contributed by atoms with Crippen molar-refractivity contribution < 1.29 is 9.53 Å². The average Bonchev–Trinajstić information content (AvgIpc) is 3.39. The summed E-state index contributed by atoms with van der Waals surface area (Å²) in [6.07, 6.45) is 3.18. The highest BCUT2D eigenvalue weighted by atomic mass is 35.5. The second kappa shape index (κ2) is 8.98. The molecule has 0 saturated heterocycles. The molecular weight excluding hydrogens is 427 g/mol. The van der Waals surface area contributed by atoms with Gasteiger partial charge in [0.05, 0.1) is 11.6 Å². The van der Waals surface area contributed by atoms with Gasteiger partial charge in [-0.3, -0.25) is 10.1 Å². The van der Waals surface area contributed by atoms with Gasteiger partial charge < -0.3 is 4.74 Å².